The van der Waals surface area contributed by atoms with Gasteiger partial charge in [-0.25, -0.2) is 8.42 Å². The van der Waals surface area contributed by atoms with Crippen LogP contribution in [-0.2, 0) is 16.6 Å². The Bertz CT molecular complexity index is 1090. The highest BCUT2D eigenvalue weighted by atomic mass is 32.2. The molecule has 0 radical (unpaired) electrons. The number of rotatable bonds is 5. The summed E-state index contributed by atoms with van der Waals surface area (Å²) in [6.07, 6.45) is 1.61. The average molecular weight is 400 g/mol. The highest BCUT2D eigenvalue weighted by Gasteiger charge is 2.23. The molecule has 3 aromatic rings. The maximum atomic E-state index is 13.1. The van der Waals surface area contributed by atoms with Gasteiger partial charge in [0.2, 0.25) is 0 Å². The zero-order chi connectivity index (χ0) is 19.7. The van der Waals surface area contributed by atoms with Crippen molar-refractivity contribution in [2.24, 2.45) is 0 Å². The third-order valence-electron chi connectivity index (χ3n) is 5.31. The second-order valence-electron chi connectivity index (χ2n) is 7.37. The van der Waals surface area contributed by atoms with Gasteiger partial charge in [-0.1, -0.05) is 18.2 Å². The van der Waals surface area contributed by atoms with Crippen molar-refractivity contribution in [2.45, 2.75) is 31.3 Å². The summed E-state index contributed by atoms with van der Waals surface area (Å²) in [5.74, 6) is 0. The molecule has 4 rings (SSSR count). The fourth-order valence-corrected chi connectivity index (χ4v) is 4.84. The van der Waals surface area contributed by atoms with E-state index >= 15 is 0 Å². The Balaban J connectivity index is 1.70. The number of nitrogens with zero attached hydrogens (tertiary/aromatic N) is 1. The van der Waals surface area contributed by atoms with Crippen molar-refractivity contribution >= 4 is 26.7 Å². The zero-order valence-electron chi connectivity index (χ0n) is 16.1. The number of fused-ring (bicyclic) bond motifs is 1. The molecule has 0 aliphatic carbocycles. The van der Waals surface area contributed by atoms with E-state index in [0.29, 0.717) is 18.3 Å². The van der Waals surface area contributed by atoms with E-state index < -0.39 is 10.0 Å². The summed E-state index contributed by atoms with van der Waals surface area (Å²) in [7, 11) is -3.70. The van der Waals surface area contributed by atoms with E-state index in [1.165, 1.54) is 0 Å². The largest absolute Gasteiger partial charge is 0.464 e. The quantitative estimate of drug-likeness (QED) is 0.688. The number of furan rings is 1. The maximum absolute atomic E-state index is 13.1. The molecule has 7 heteroatoms. The smallest absolute Gasteiger partial charge is 0.261 e. The van der Waals surface area contributed by atoms with Crippen LogP contribution in [0, 0.1) is 6.92 Å². The van der Waals surface area contributed by atoms with Gasteiger partial charge in [-0.2, -0.15) is 0 Å². The van der Waals surface area contributed by atoms with E-state index in [4.69, 9.17) is 4.42 Å². The Labute approximate surface area is 165 Å². The molecule has 1 saturated heterocycles. The van der Waals surface area contributed by atoms with Crippen LogP contribution in [0.2, 0.25) is 0 Å². The first-order valence-electron chi connectivity index (χ1n) is 9.47. The first-order chi connectivity index (χ1) is 13.4. The second-order valence-corrected chi connectivity index (χ2v) is 9.05. The van der Waals surface area contributed by atoms with Crippen LogP contribution in [0.1, 0.15) is 18.1 Å². The molecule has 0 saturated carbocycles. The summed E-state index contributed by atoms with van der Waals surface area (Å²) < 4.78 is 34.5. The molecule has 2 aromatic carbocycles. The third kappa shape index (κ3) is 3.78. The molecule has 28 heavy (non-hydrogen) atoms. The lowest BCUT2D eigenvalue weighted by molar-refractivity contribution is 0.165. The minimum atomic E-state index is -3.70. The predicted octanol–water partition coefficient (Wildman–Crippen LogP) is 3.34. The summed E-state index contributed by atoms with van der Waals surface area (Å²) in [4.78, 5) is 2.60. The number of aryl methyl sites for hydroxylation is 1. The third-order valence-corrected chi connectivity index (χ3v) is 6.66. The van der Waals surface area contributed by atoms with E-state index in [9.17, 15) is 8.42 Å². The van der Waals surface area contributed by atoms with Crippen molar-refractivity contribution in [3.8, 4) is 0 Å². The maximum Gasteiger partial charge on any atom is 0.261 e. The molecule has 1 atom stereocenters. The van der Waals surface area contributed by atoms with Crippen molar-refractivity contribution in [3.63, 3.8) is 0 Å². The normalized spacial score (nSPS) is 18.4. The van der Waals surface area contributed by atoms with Crippen molar-refractivity contribution < 1.29 is 12.8 Å². The lowest BCUT2D eigenvalue weighted by Gasteiger charge is -2.33. The first kappa shape index (κ1) is 19.0. The van der Waals surface area contributed by atoms with Crippen LogP contribution in [0.5, 0.6) is 0 Å². The summed E-state index contributed by atoms with van der Waals surface area (Å²) >= 11 is 0. The van der Waals surface area contributed by atoms with E-state index in [2.05, 4.69) is 21.9 Å². The minimum Gasteiger partial charge on any atom is -0.464 e. The Morgan fingerprint density at radius 2 is 2.07 bits per heavy atom. The summed E-state index contributed by atoms with van der Waals surface area (Å²) in [6.45, 7) is 7.48. The molecule has 0 amide bonds. The molecule has 2 heterocycles. The monoisotopic (exact) mass is 399 g/mol. The van der Waals surface area contributed by atoms with Crippen LogP contribution in [0.25, 0.3) is 11.0 Å². The number of para-hydroxylation sites is 1. The van der Waals surface area contributed by atoms with Gasteiger partial charge in [-0.15, -0.1) is 0 Å². The van der Waals surface area contributed by atoms with Crippen molar-refractivity contribution in [1.29, 1.82) is 0 Å². The van der Waals surface area contributed by atoms with Gasteiger partial charge in [-0.05, 0) is 43.7 Å². The van der Waals surface area contributed by atoms with Crippen LogP contribution in [0.3, 0.4) is 0 Å². The summed E-state index contributed by atoms with van der Waals surface area (Å²) in [6, 6.07) is 13.0. The fourth-order valence-electron chi connectivity index (χ4n) is 3.63. The number of hydrogen-bond acceptors (Lipinski definition) is 5. The Kier molecular flexibility index (Phi) is 5.14. The van der Waals surface area contributed by atoms with Gasteiger partial charge >= 0.3 is 0 Å². The van der Waals surface area contributed by atoms with Gasteiger partial charge in [0.25, 0.3) is 10.0 Å². The molecule has 6 nitrogen and oxygen atoms in total. The predicted molar refractivity (Wildman–Crippen MR) is 111 cm³/mol. The fraction of sp³-hybridized carbons (Fsp3) is 0.333. The molecule has 1 aliphatic rings. The zero-order valence-corrected chi connectivity index (χ0v) is 16.9. The second kappa shape index (κ2) is 7.58. The Morgan fingerprint density at radius 3 is 2.86 bits per heavy atom. The summed E-state index contributed by atoms with van der Waals surface area (Å²) in [5.41, 5.74) is 3.11. The minimum absolute atomic E-state index is 0.252. The molecule has 0 spiro atoms. The molecule has 0 unspecified atom stereocenters. The first-order valence-corrected chi connectivity index (χ1v) is 11.0. The molecule has 148 valence electrons. The van der Waals surface area contributed by atoms with Crippen LogP contribution in [-0.4, -0.2) is 39.0 Å². The molecular weight excluding hydrogens is 374 g/mol. The highest BCUT2D eigenvalue weighted by molar-refractivity contribution is 7.92. The van der Waals surface area contributed by atoms with Gasteiger partial charge in [0.05, 0.1) is 16.8 Å². The lowest BCUT2D eigenvalue weighted by Crippen LogP contribution is -2.49. The van der Waals surface area contributed by atoms with Gasteiger partial charge in [0.15, 0.2) is 0 Å². The number of hydrogen-bond donors (Lipinski definition) is 2. The number of sulfonamides is 1. The van der Waals surface area contributed by atoms with E-state index in [-0.39, 0.29) is 4.90 Å². The molecule has 1 fully saturated rings. The Morgan fingerprint density at radius 1 is 1.25 bits per heavy atom. The molecule has 2 N–H and O–H groups in total. The average Bonchev–Trinajstić information content (AvgIpc) is 3.14. The van der Waals surface area contributed by atoms with E-state index in [1.807, 2.05) is 31.2 Å². The Hall–Kier alpha value is -2.35. The SMILES string of the molecule is Cc1ccccc1NS(=O)(=O)c1cc(CN2CCNC[C@H]2C)c2occc2c1. The molecule has 0 bridgehead atoms. The number of piperazine rings is 1. The molecule has 1 aliphatic heterocycles. The van der Waals surface area contributed by atoms with Crippen LogP contribution in [0.4, 0.5) is 5.69 Å². The van der Waals surface area contributed by atoms with Crippen LogP contribution >= 0.6 is 0 Å². The van der Waals surface area contributed by atoms with Gasteiger partial charge < -0.3 is 9.73 Å². The number of anilines is 1. The van der Waals surface area contributed by atoms with Crippen LogP contribution < -0.4 is 10.0 Å². The highest BCUT2D eigenvalue weighted by Crippen LogP contribution is 2.28. The van der Waals surface area contributed by atoms with Gasteiger partial charge in [-0.3, -0.25) is 9.62 Å². The lowest BCUT2D eigenvalue weighted by atomic mass is 10.1. The van der Waals surface area contributed by atoms with Gasteiger partial charge in [0, 0.05) is 43.2 Å². The van der Waals surface area contributed by atoms with Crippen molar-refractivity contribution in [3.05, 3.63) is 59.9 Å². The molecular formula is C21H25N3O3S. The van der Waals surface area contributed by atoms with E-state index in [0.717, 1.165) is 41.7 Å². The van der Waals surface area contributed by atoms with Gasteiger partial charge in [0.1, 0.15) is 5.58 Å². The van der Waals surface area contributed by atoms with Crippen LogP contribution in [0.15, 0.2) is 58.0 Å². The van der Waals surface area contributed by atoms with E-state index in [1.54, 1.807) is 24.5 Å². The summed E-state index contributed by atoms with van der Waals surface area (Å²) in [5, 5.41) is 4.18. The number of nitrogens with one attached hydrogen (secondary N) is 2. The standard InChI is InChI=1S/C21H25N3O3S/c1-15-5-3-4-6-20(15)23-28(25,26)19-11-17-7-10-27-21(17)18(12-19)14-24-9-8-22-13-16(24)2/h3-7,10-12,16,22-23H,8-9,13-14H2,1-2H3/t16-/m1/s1. The molecule has 1 aromatic heterocycles. The van der Waals surface area contributed by atoms with Crippen molar-refractivity contribution in [1.82, 2.24) is 10.2 Å². The number of benzene rings is 2. The van der Waals surface area contributed by atoms with Crippen molar-refractivity contribution in [2.75, 3.05) is 24.4 Å². The topological polar surface area (TPSA) is 74.6 Å².